The number of benzene rings is 1. The number of hydrogen-bond acceptors (Lipinski definition) is 4. The van der Waals surface area contributed by atoms with E-state index in [-0.39, 0.29) is 23.4 Å². The van der Waals surface area contributed by atoms with Gasteiger partial charge in [0.05, 0.1) is 5.02 Å². The van der Waals surface area contributed by atoms with E-state index in [0.29, 0.717) is 17.3 Å². The second kappa shape index (κ2) is 7.15. The molecule has 0 saturated heterocycles. The highest BCUT2D eigenvalue weighted by molar-refractivity contribution is 6.35. The summed E-state index contributed by atoms with van der Waals surface area (Å²) in [6.45, 7) is 0.186. The van der Waals surface area contributed by atoms with Gasteiger partial charge in [0.25, 0.3) is 5.91 Å². The highest BCUT2D eigenvalue weighted by atomic mass is 35.5. The molecule has 0 fully saturated rings. The molecule has 1 aromatic heterocycles. The zero-order chi connectivity index (χ0) is 15.2. The lowest BCUT2D eigenvalue weighted by Gasteiger charge is -2.08. The van der Waals surface area contributed by atoms with E-state index in [4.69, 9.17) is 33.7 Å². The van der Waals surface area contributed by atoms with E-state index < -0.39 is 0 Å². The summed E-state index contributed by atoms with van der Waals surface area (Å²) in [6.07, 6.45) is 1.40. The Bertz CT molecular complexity index is 650. The Balaban J connectivity index is 1.82. The molecule has 1 aromatic carbocycles. The number of nitrogens with zero attached hydrogens (tertiary/aromatic N) is 1. The lowest BCUT2D eigenvalue weighted by molar-refractivity contribution is -0.123. The van der Waals surface area contributed by atoms with Crippen molar-refractivity contribution in [3.05, 3.63) is 52.1 Å². The van der Waals surface area contributed by atoms with Gasteiger partial charge in [-0.15, -0.1) is 0 Å². The number of halogens is 2. The van der Waals surface area contributed by atoms with Crippen LogP contribution in [0.15, 0.2) is 36.5 Å². The molecule has 0 bridgehead atoms. The molecule has 1 amide bonds. The van der Waals surface area contributed by atoms with Crippen molar-refractivity contribution in [3.8, 4) is 5.88 Å². The molecule has 0 atom stereocenters. The molecule has 2 aromatic rings. The molecule has 0 aliphatic carbocycles. The monoisotopic (exact) mass is 325 g/mol. The van der Waals surface area contributed by atoms with Crippen molar-refractivity contribution in [2.45, 2.75) is 6.54 Å². The third kappa shape index (κ3) is 4.81. The van der Waals surface area contributed by atoms with Gasteiger partial charge < -0.3 is 15.8 Å². The smallest absolute Gasteiger partial charge is 0.258 e. The van der Waals surface area contributed by atoms with Gasteiger partial charge in [0.1, 0.15) is 5.02 Å². The first kappa shape index (κ1) is 15.4. The quantitative estimate of drug-likeness (QED) is 0.828. The Morgan fingerprint density at radius 2 is 2.14 bits per heavy atom. The number of nitrogens with one attached hydrogen (secondary N) is 1. The van der Waals surface area contributed by atoms with Crippen LogP contribution in [-0.4, -0.2) is 17.5 Å². The molecule has 7 heteroatoms. The number of ether oxygens (including phenoxy) is 1. The summed E-state index contributed by atoms with van der Waals surface area (Å²) in [5.41, 5.74) is 7.21. The van der Waals surface area contributed by atoms with E-state index in [1.54, 1.807) is 12.1 Å². The van der Waals surface area contributed by atoms with Crippen LogP contribution in [0.1, 0.15) is 5.56 Å². The minimum Gasteiger partial charge on any atom is -0.467 e. The summed E-state index contributed by atoms with van der Waals surface area (Å²) in [7, 11) is 0. The van der Waals surface area contributed by atoms with Crippen LogP contribution in [0.4, 0.5) is 5.69 Å². The minimum atomic E-state index is -0.287. The summed E-state index contributed by atoms with van der Waals surface area (Å²) < 4.78 is 5.23. The van der Waals surface area contributed by atoms with Crippen molar-refractivity contribution in [3.63, 3.8) is 0 Å². The second-order valence-electron chi connectivity index (χ2n) is 4.25. The zero-order valence-corrected chi connectivity index (χ0v) is 12.5. The molecule has 0 spiro atoms. The van der Waals surface area contributed by atoms with Gasteiger partial charge >= 0.3 is 0 Å². The molecule has 0 unspecified atom stereocenters. The van der Waals surface area contributed by atoms with Crippen LogP contribution in [0.3, 0.4) is 0 Å². The molecule has 2 rings (SSSR count). The SMILES string of the molecule is Nc1cccc(CNC(=O)COc2ncc(Cl)cc2Cl)c1. The van der Waals surface area contributed by atoms with Gasteiger partial charge in [-0.05, 0) is 23.8 Å². The number of rotatable bonds is 5. The zero-order valence-electron chi connectivity index (χ0n) is 11.0. The van der Waals surface area contributed by atoms with Gasteiger partial charge in [0.2, 0.25) is 5.88 Å². The van der Waals surface area contributed by atoms with Gasteiger partial charge in [-0.3, -0.25) is 4.79 Å². The van der Waals surface area contributed by atoms with Crippen molar-refractivity contribution in [1.82, 2.24) is 10.3 Å². The number of nitrogen functional groups attached to an aromatic ring is 1. The average molecular weight is 326 g/mol. The second-order valence-corrected chi connectivity index (χ2v) is 5.09. The summed E-state index contributed by atoms with van der Waals surface area (Å²) in [4.78, 5) is 15.6. The van der Waals surface area contributed by atoms with Gasteiger partial charge in [-0.25, -0.2) is 4.98 Å². The number of nitrogens with two attached hydrogens (primary N) is 1. The topological polar surface area (TPSA) is 77.2 Å². The van der Waals surface area contributed by atoms with Crippen LogP contribution >= 0.6 is 23.2 Å². The molecule has 3 N–H and O–H groups in total. The summed E-state index contributed by atoms with van der Waals surface area (Å²) >= 11 is 11.6. The summed E-state index contributed by atoms with van der Waals surface area (Å²) in [5, 5.41) is 3.37. The molecule has 1 heterocycles. The fourth-order valence-corrected chi connectivity index (χ4v) is 2.03. The van der Waals surface area contributed by atoms with Crippen molar-refractivity contribution < 1.29 is 9.53 Å². The minimum absolute atomic E-state index is 0.167. The average Bonchev–Trinajstić information content (AvgIpc) is 2.44. The van der Waals surface area contributed by atoms with Gasteiger partial charge in [0, 0.05) is 18.4 Å². The van der Waals surface area contributed by atoms with Gasteiger partial charge in [-0.2, -0.15) is 0 Å². The van der Waals surface area contributed by atoms with Gasteiger partial charge in [0.15, 0.2) is 6.61 Å². The van der Waals surface area contributed by atoms with E-state index >= 15 is 0 Å². The first-order chi connectivity index (χ1) is 10.0. The molecule has 0 saturated carbocycles. The van der Waals surface area contributed by atoms with E-state index in [9.17, 15) is 4.79 Å². The maximum atomic E-state index is 11.7. The Kier molecular flexibility index (Phi) is 5.25. The standard InChI is InChI=1S/C14H13Cl2N3O2/c15-10-5-12(16)14(19-7-10)21-8-13(20)18-6-9-2-1-3-11(17)4-9/h1-5,7H,6,8,17H2,(H,18,20). The van der Waals surface area contributed by atoms with Crippen molar-refractivity contribution in [2.75, 3.05) is 12.3 Å². The summed E-state index contributed by atoms with van der Waals surface area (Å²) in [6, 6.07) is 8.76. The largest absolute Gasteiger partial charge is 0.467 e. The Morgan fingerprint density at radius 1 is 1.33 bits per heavy atom. The molecule has 0 aliphatic rings. The lowest BCUT2D eigenvalue weighted by Crippen LogP contribution is -2.28. The molecule has 0 radical (unpaired) electrons. The first-order valence-electron chi connectivity index (χ1n) is 6.09. The summed E-state index contributed by atoms with van der Waals surface area (Å²) in [5.74, 6) is -0.120. The van der Waals surface area contributed by atoms with Crippen LogP contribution in [0.25, 0.3) is 0 Å². The van der Waals surface area contributed by atoms with E-state index in [1.165, 1.54) is 12.3 Å². The molecule has 0 aliphatic heterocycles. The molecule has 21 heavy (non-hydrogen) atoms. The Labute approximate surface area is 132 Å². The maximum Gasteiger partial charge on any atom is 0.258 e. The number of carbonyl (C=O) groups is 1. The fraction of sp³-hybridized carbons (Fsp3) is 0.143. The van der Waals surface area contributed by atoms with E-state index in [0.717, 1.165) is 5.56 Å². The number of anilines is 1. The number of aromatic nitrogens is 1. The third-order valence-electron chi connectivity index (χ3n) is 2.55. The van der Waals surface area contributed by atoms with Crippen LogP contribution in [0, 0.1) is 0 Å². The molecular formula is C14H13Cl2N3O2. The number of pyridine rings is 1. The maximum absolute atomic E-state index is 11.7. The highest BCUT2D eigenvalue weighted by Gasteiger charge is 2.07. The lowest BCUT2D eigenvalue weighted by atomic mass is 10.2. The molecular weight excluding hydrogens is 313 g/mol. The van der Waals surface area contributed by atoms with Crippen molar-refractivity contribution in [2.24, 2.45) is 0 Å². The third-order valence-corrected chi connectivity index (χ3v) is 3.03. The van der Waals surface area contributed by atoms with Crippen molar-refractivity contribution >= 4 is 34.8 Å². The van der Waals surface area contributed by atoms with Crippen LogP contribution in [-0.2, 0) is 11.3 Å². The number of amides is 1. The normalized spacial score (nSPS) is 10.2. The van der Waals surface area contributed by atoms with E-state index in [1.807, 2.05) is 12.1 Å². The van der Waals surface area contributed by atoms with Crippen LogP contribution in [0.5, 0.6) is 5.88 Å². The van der Waals surface area contributed by atoms with Crippen LogP contribution < -0.4 is 15.8 Å². The number of carbonyl (C=O) groups excluding carboxylic acids is 1. The fourth-order valence-electron chi connectivity index (χ4n) is 1.60. The van der Waals surface area contributed by atoms with Crippen LogP contribution in [0.2, 0.25) is 10.0 Å². The molecule has 5 nitrogen and oxygen atoms in total. The van der Waals surface area contributed by atoms with Gasteiger partial charge in [-0.1, -0.05) is 35.3 Å². The predicted octanol–water partition coefficient (Wildman–Crippen LogP) is 2.67. The first-order valence-corrected chi connectivity index (χ1v) is 6.85. The Morgan fingerprint density at radius 3 is 2.86 bits per heavy atom. The van der Waals surface area contributed by atoms with E-state index in [2.05, 4.69) is 10.3 Å². The number of hydrogen-bond donors (Lipinski definition) is 2. The Hall–Kier alpha value is -1.98. The highest BCUT2D eigenvalue weighted by Crippen LogP contribution is 2.24. The molecule has 110 valence electrons. The van der Waals surface area contributed by atoms with Crippen molar-refractivity contribution in [1.29, 1.82) is 0 Å². The predicted molar refractivity (Wildman–Crippen MR) is 82.5 cm³/mol.